The van der Waals surface area contributed by atoms with Gasteiger partial charge >= 0.3 is 0 Å². The van der Waals surface area contributed by atoms with Crippen LogP contribution in [0.25, 0.3) is 11.0 Å². The summed E-state index contributed by atoms with van der Waals surface area (Å²) in [5, 5.41) is 18.2. The van der Waals surface area contributed by atoms with Gasteiger partial charge in [-0.2, -0.15) is 5.10 Å². The third-order valence-electron chi connectivity index (χ3n) is 7.30. The topological polar surface area (TPSA) is 115 Å². The van der Waals surface area contributed by atoms with Gasteiger partial charge < -0.3 is 20.9 Å². The number of fused-ring (bicyclic) bond motifs is 1. The summed E-state index contributed by atoms with van der Waals surface area (Å²) in [6.07, 6.45) is 3.51. The third kappa shape index (κ3) is 6.33. The largest absolute Gasteiger partial charge is 0.363 e. The Hall–Kier alpha value is -4.84. The Morgan fingerprint density at radius 3 is 2.76 bits per heavy atom. The maximum atomic E-state index is 13.1. The lowest BCUT2D eigenvalue weighted by Crippen LogP contribution is -2.44. The molecule has 5 rings (SSSR count). The van der Waals surface area contributed by atoms with E-state index in [0.717, 1.165) is 40.9 Å². The summed E-state index contributed by atoms with van der Waals surface area (Å²) in [5.74, 6) is 6.08. The fourth-order valence-corrected chi connectivity index (χ4v) is 5.32. The van der Waals surface area contributed by atoms with Crippen LogP contribution in [0.5, 0.6) is 0 Å². The van der Waals surface area contributed by atoms with Gasteiger partial charge in [-0.3, -0.25) is 14.7 Å². The van der Waals surface area contributed by atoms with E-state index in [9.17, 15) is 9.59 Å². The summed E-state index contributed by atoms with van der Waals surface area (Å²) in [6, 6.07) is 15.3. The zero-order chi connectivity index (χ0) is 28.9. The van der Waals surface area contributed by atoms with Crippen molar-refractivity contribution in [2.24, 2.45) is 0 Å². The minimum Gasteiger partial charge on any atom is -0.363 e. The van der Waals surface area contributed by atoms with Gasteiger partial charge in [-0.25, -0.2) is 4.98 Å². The van der Waals surface area contributed by atoms with Crippen molar-refractivity contribution in [2.75, 3.05) is 29.0 Å². The Kier molecular flexibility index (Phi) is 8.20. The molecule has 3 heterocycles. The van der Waals surface area contributed by atoms with E-state index in [0.29, 0.717) is 36.0 Å². The maximum Gasteiger partial charge on any atom is 0.298 e. The van der Waals surface area contributed by atoms with Gasteiger partial charge in [0.1, 0.15) is 0 Å². The average Bonchev–Trinajstić information content (AvgIpc) is 3.37. The SMILES string of the molecule is CC#CC(=O)N1CCC[C@@H](Nc2n[nH]c3nccc(Nc4cccc(C(=O)Nc5ccc(C(C)C)c(C)c5)c4)c23)C1. The highest BCUT2D eigenvalue weighted by atomic mass is 16.2. The normalized spacial score (nSPS) is 14.9. The van der Waals surface area contributed by atoms with Gasteiger partial charge in [0.25, 0.3) is 11.8 Å². The molecule has 41 heavy (non-hydrogen) atoms. The highest BCUT2D eigenvalue weighted by molar-refractivity contribution is 6.05. The molecule has 9 nitrogen and oxygen atoms in total. The minimum atomic E-state index is -0.181. The lowest BCUT2D eigenvalue weighted by Gasteiger charge is -2.32. The molecule has 0 unspecified atom stereocenters. The second-order valence-corrected chi connectivity index (χ2v) is 10.6. The summed E-state index contributed by atoms with van der Waals surface area (Å²) in [6.45, 7) is 9.32. The van der Waals surface area contributed by atoms with Crippen LogP contribution in [0.1, 0.15) is 61.0 Å². The van der Waals surface area contributed by atoms with Gasteiger partial charge in [0.15, 0.2) is 11.5 Å². The highest BCUT2D eigenvalue weighted by Crippen LogP contribution is 2.31. The predicted octanol–water partition coefficient (Wildman–Crippen LogP) is 5.81. The molecule has 1 atom stereocenters. The van der Waals surface area contributed by atoms with Gasteiger partial charge in [-0.15, -0.1) is 0 Å². The quantitative estimate of drug-likeness (QED) is 0.216. The molecule has 9 heteroatoms. The number of piperidine rings is 1. The van der Waals surface area contributed by atoms with Crippen molar-refractivity contribution >= 4 is 45.7 Å². The summed E-state index contributed by atoms with van der Waals surface area (Å²) in [7, 11) is 0. The van der Waals surface area contributed by atoms with Crippen molar-refractivity contribution in [1.82, 2.24) is 20.1 Å². The van der Waals surface area contributed by atoms with Crippen molar-refractivity contribution in [3.8, 4) is 11.8 Å². The Bertz CT molecular complexity index is 1650. The molecule has 0 aliphatic carbocycles. The first kappa shape index (κ1) is 27.7. The average molecular weight is 550 g/mol. The third-order valence-corrected chi connectivity index (χ3v) is 7.30. The van der Waals surface area contributed by atoms with E-state index in [1.165, 1.54) is 5.56 Å². The number of aromatic nitrogens is 3. The van der Waals surface area contributed by atoms with Crippen molar-refractivity contribution in [1.29, 1.82) is 0 Å². The number of H-pyrrole nitrogens is 1. The second-order valence-electron chi connectivity index (χ2n) is 10.6. The van der Waals surface area contributed by atoms with Gasteiger partial charge in [0.2, 0.25) is 0 Å². The molecule has 0 saturated carbocycles. The zero-order valence-corrected chi connectivity index (χ0v) is 23.8. The number of rotatable bonds is 7. The maximum absolute atomic E-state index is 13.1. The van der Waals surface area contributed by atoms with Crippen LogP contribution < -0.4 is 16.0 Å². The number of hydrogen-bond acceptors (Lipinski definition) is 6. The van der Waals surface area contributed by atoms with E-state index in [1.807, 2.05) is 36.4 Å². The van der Waals surface area contributed by atoms with Gasteiger partial charge in [0, 0.05) is 42.3 Å². The number of nitrogens with zero attached hydrogens (tertiary/aromatic N) is 3. The summed E-state index contributed by atoms with van der Waals surface area (Å²) in [5.41, 5.74) is 5.92. The Balaban J connectivity index is 1.33. The molecule has 2 amide bonds. The predicted molar refractivity (Wildman–Crippen MR) is 164 cm³/mol. The van der Waals surface area contributed by atoms with Crippen LogP contribution in [0.3, 0.4) is 0 Å². The molecule has 4 N–H and O–H groups in total. The number of aryl methyl sites for hydroxylation is 1. The lowest BCUT2D eigenvalue weighted by molar-refractivity contribution is -0.126. The van der Waals surface area contributed by atoms with E-state index in [-0.39, 0.29) is 17.9 Å². The summed E-state index contributed by atoms with van der Waals surface area (Å²) in [4.78, 5) is 31.6. The number of hydrogen-bond donors (Lipinski definition) is 4. The number of carbonyl (C=O) groups is 2. The molecule has 2 aromatic carbocycles. The van der Waals surface area contributed by atoms with E-state index in [2.05, 4.69) is 69.8 Å². The lowest BCUT2D eigenvalue weighted by atomic mass is 9.97. The molecule has 2 aromatic heterocycles. The first-order valence-electron chi connectivity index (χ1n) is 13.9. The van der Waals surface area contributed by atoms with E-state index in [1.54, 1.807) is 24.1 Å². The number of benzene rings is 2. The van der Waals surface area contributed by atoms with Crippen molar-refractivity contribution < 1.29 is 9.59 Å². The van der Waals surface area contributed by atoms with Crippen LogP contribution in [0.4, 0.5) is 22.9 Å². The summed E-state index contributed by atoms with van der Waals surface area (Å²) >= 11 is 0. The molecular weight excluding hydrogens is 514 g/mol. The molecule has 1 aliphatic rings. The fraction of sp³-hybridized carbons (Fsp3) is 0.312. The Morgan fingerprint density at radius 1 is 1.12 bits per heavy atom. The Morgan fingerprint density at radius 2 is 1.98 bits per heavy atom. The molecule has 4 aromatic rings. The van der Waals surface area contributed by atoms with Gasteiger partial charge in [0.05, 0.1) is 11.1 Å². The van der Waals surface area contributed by atoms with Crippen LogP contribution in [0, 0.1) is 18.8 Å². The molecular formula is C32H35N7O2. The molecule has 1 fully saturated rings. The van der Waals surface area contributed by atoms with Crippen LogP contribution in [0.15, 0.2) is 54.7 Å². The van der Waals surface area contributed by atoms with Gasteiger partial charge in [-0.05, 0) is 86.1 Å². The molecule has 1 aliphatic heterocycles. The smallest absolute Gasteiger partial charge is 0.298 e. The van der Waals surface area contributed by atoms with Crippen LogP contribution in [0.2, 0.25) is 0 Å². The highest BCUT2D eigenvalue weighted by Gasteiger charge is 2.24. The Labute approximate surface area is 240 Å². The number of pyridine rings is 1. The van der Waals surface area contributed by atoms with Crippen LogP contribution in [-0.4, -0.2) is 51.0 Å². The van der Waals surface area contributed by atoms with Gasteiger partial charge in [-0.1, -0.05) is 31.9 Å². The second kappa shape index (κ2) is 12.1. The van der Waals surface area contributed by atoms with Crippen LogP contribution in [-0.2, 0) is 4.79 Å². The van der Waals surface area contributed by atoms with E-state index in [4.69, 9.17) is 0 Å². The standard InChI is InChI=1S/C32H35N7O2/c1-5-8-28(40)39-16-7-11-25(19-39)35-31-29-27(14-15-33-30(29)37-38-31)34-23-10-6-9-22(18-23)32(41)36-24-12-13-26(20(2)3)21(4)17-24/h6,9-10,12-15,17-18,20,25H,7,11,16,19H2,1-4H3,(H,36,41)(H3,33,34,35,37,38)/t25-/m1/s1. The number of nitrogens with one attached hydrogen (secondary N) is 4. The first-order valence-corrected chi connectivity index (χ1v) is 13.9. The number of carbonyl (C=O) groups excluding carboxylic acids is 2. The molecule has 0 spiro atoms. The first-order chi connectivity index (χ1) is 19.8. The fourth-order valence-electron chi connectivity index (χ4n) is 5.32. The molecule has 210 valence electrons. The monoisotopic (exact) mass is 549 g/mol. The summed E-state index contributed by atoms with van der Waals surface area (Å²) < 4.78 is 0. The number of likely N-dealkylation sites (tertiary alicyclic amines) is 1. The number of anilines is 4. The number of aromatic amines is 1. The number of amides is 2. The molecule has 0 bridgehead atoms. The minimum absolute atomic E-state index is 0.0381. The molecule has 0 radical (unpaired) electrons. The van der Waals surface area contributed by atoms with E-state index >= 15 is 0 Å². The molecule has 1 saturated heterocycles. The van der Waals surface area contributed by atoms with E-state index < -0.39 is 0 Å². The van der Waals surface area contributed by atoms with Crippen molar-refractivity contribution in [3.63, 3.8) is 0 Å². The van der Waals surface area contributed by atoms with Crippen molar-refractivity contribution in [3.05, 3.63) is 71.4 Å². The van der Waals surface area contributed by atoms with Crippen molar-refractivity contribution in [2.45, 2.75) is 52.5 Å². The zero-order valence-electron chi connectivity index (χ0n) is 23.8. The van der Waals surface area contributed by atoms with Crippen LogP contribution >= 0.6 is 0 Å².